The Morgan fingerprint density at radius 1 is 0.917 bits per heavy atom. The van der Waals surface area contributed by atoms with Crippen LogP contribution in [0.25, 0.3) is 0 Å². The number of esters is 1. The number of nitro benzene ring substituents is 1. The van der Waals surface area contributed by atoms with E-state index in [1.54, 1.807) is 56.3 Å². The number of nitrogens with one attached hydrogen (secondary N) is 2. The van der Waals surface area contributed by atoms with Gasteiger partial charge in [0.1, 0.15) is 11.5 Å². The highest BCUT2D eigenvalue weighted by Gasteiger charge is 2.17. The summed E-state index contributed by atoms with van der Waals surface area (Å²) in [5.74, 6) is -2.13. The van der Waals surface area contributed by atoms with Gasteiger partial charge in [0, 0.05) is 17.7 Å². The Morgan fingerprint density at radius 3 is 2.22 bits per heavy atom. The van der Waals surface area contributed by atoms with Crippen LogP contribution in [0.5, 0.6) is 11.5 Å². The van der Waals surface area contributed by atoms with Crippen molar-refractivity contribution in [2.24, 2.45) is 5.10 Å². The Kier molecular flexibility index (Phi) is 8.44. The number of para-hydroxylation sites is 3. The smallest absolute Gasteiger partial charge is 0.343 e. The molecule has 2 amide bonds. The third-order valence-corrected chi connectivity index (χ3v) is 4.76. The molecule has 0 fully saturated rings. The maximum absolute atomic E-state index is 12.5. The number of hydrogen-bond donors (Lipinski definition) is 2. The summed E-state index contributed by atoms with van der Waals surface area (Å²) in [6.45, 7) is 3.74. The van der Waals surface area contributed by atoms with E-state index in [4.69, 9.17) is 9.47 Å². The van der Waals surface area contributed by atoms with Gasteiger partial charge in [-0.05, 0) is 50.2 Å². The van der Waals surface area contributed by atoms with E-state index in [-0.39, 0.29) is 22.7 Å². The molecule has 0 radical (unpaired) electrons. The third-order valence-electron chi connectivity index (χ3n) is 4.76. The SMILES string of the molecule is CCOc1ccccc1NC(=O)C(=O)NN=C(C)c1ccccc1OC(=O)c1ccc([N+](=O)[O-])cc1. The van der Waals surface area contributed by atoms with Crippen LogP contribution >= 0.6 is 0 Å². The summed E-state index contributed by atoms with van der Waals surface area (Å²) in [4.78, 5) is 47.3. The number of carbonyl (C=O) groups excluding carboxylic acids is 3. The standard InChI is InChI=1S/C25H22N4O7/c1-3-35-22-11-7-5-9-20(22)26-23(30)24(31)28-27-16(2)19-8-4-6-10-21(19)36-25(32)17-12-14-18(15-13-17)29(33)34/h4-15H,3H2,1-2H3,(H,26,30)(H,28,31). The molecule has 3 aromatic rings. The van der Waals surface area contributed by atoms with Gasteiger partial charge in [0.15, 0.2) is 0 Å². The van der Waals surface area contributed by atoms with Gasteiger partial charge in [0.25, 0.3) is 5.69 Å². The summed E-state index contributed by atoms with van der Waals surface area (Å²) in [5.41, 5.74) is 3.11. The van der Waals surface area contributed by atoms with Crippen molar-refractivity contribution in [3.63, 3.8) is 0 Å². The van der Waals surface area contributed by atoms with Gasteiger partial charge >= 0.3 is 17.8 Å². The number of ether oxygens (including phenoxy) is 2. The van der Waals surface area contributed by atoms with Gasteiger partial charge in [-0.15, -0.1) is 0 Å². The molecule has 11 heteroatoms. The first kappa shape index (κ1) is 25.6. The van der Waals surface area contributed by atoms with Crippen molar-refractivity contribution in [2.75, 3.05) is 11.9 Å². The van der Waals surface area contributed by atoms with E-state index in [1.165, 1.54) is 30.3 Å². The molecule has 3 aromatic carbocycles. The van der Waals surface area contributed by atoms with Gasteiger partial charge in [-0.25, -0.2) is 10.2 Å². The number of hydrazone groups is 1. The number of nitro groups is 1. The molecule has 0 aliphatic heterocycles. The van der Waals surface area contributed by atoms with E-state index in [1.807, 2.05) is 0 Å². The number of non-ortho nitro benzene ring substituents is 1. The normalized spacial score (nSPS) is 10.8. The molecule has 0 bridgehead atoms. The number of benzene rings is 3. The lowest BCUT2D eigenvalue weighted by atomic mass is 10.1. The van der Waals surface area contributed by atoms with E-state index in [0.717, 1.165) is 0 Å². The van der Waals surface area contributed by atoms with E-state index in [9.17, 15) is 24.5 Å². The minimum atomic E-state index is -1.01. The Balaban J connectivity index is 1.68. The number of nitrogens with zero attached hydrogens (tertiary/aromatic N) is 2. The first-order valence-corrected chi connectivity index (χ1v) is 10.7. The van der Waals surface area contributed by atoms with Crippen molar-refractivity contribution in [1.29, 1.82) is 0 Å². The van der Waals surface area contributed by atoms with Crippen LogP contribution in [0.1, 0.15) is 29.8 Å². The summed E-state index contributed by atoms with van der Waals surface area (Å²) in [6.07, 6.45) is 0. The van der Waals surface area contributed by atoms with Gasteiger partial charge in [-0.3, -0.25) is 19.7 Å². The highest BCUT2D eigenvalue weighted by Crippen LogP contribution is 2.24. The number of carbonyl (C=O) groups is 3. The fraction of sp³-hybridized carbons (Fsp3) is 0.120. The highest BCUT2D eigenvalue weighted by atomic mass is 16.6. The van der Waals surface area contributed by atoms with Crippen molar-refractivity contribution < 1.29 is 28.8 Å². The zero-order valence-corrected chi connectivity index (χ0v) is 19.4. The third kappa shape index (κ3) is 6.50. The first-order valence-electron chi connectivity index (χ1n) is 10.7. The molecule has 0 aliphatic rings. The number of anilines is 1. The van der Waals surface area contributed by atoms with Gasteiger partial charge in [0.05, 0.1) is 28.5 Å². The van der Waals surface area contributed by atoms with Crippen LogP contribution in [0.4, 0.5) is 11.4 Å². The van der Waals surface area contributed by atoms with E-state index in [2.05, 4.69) is 15.8 Å². The van der Waals surface area contributed by atoms with Crippen LogP contribution in [0.15, 0.2) is 77.9 Å². The summed E-state index contributed by atoms with van der Waals surface area (Å²) in [5, 5.41) is 17.2. The molecule has 3 rings (SSSR count). The predicted octanol–water partition coefficient (Wildman–Crippen LogP) is 3.69. The first-order chi connectivity index (χ1) is 17.3. The maximum Gasteiger partial charge on any atom is 0.343 e. The molecule has 36 heavy (non-hydrogen) atoms. The lowest BCUT2D eigenvalue weighted by Gasteiger charge is -2.11. The molecule has 184 valence electrons. The Morgan fingerprint density at radius 2 is 1.56 bits per heavy atom. The van der Waals surface area contributed by atoms with Crippen LogP contribution < -0.4 is 20.2 Å². The molecule has 0 saturated carbocycles. The molecule has 0 aromatic heterocycles. The highest BCUT2D eigenvalue weighted by molar-refractivity contribution is 6.39. The molecule has 0 atom stereocenters. The number of rotatable bonds is 8. The van der Waals surface area contributed by atoms with Crippen molar-refractivity contribution >= 4 is 34.9 Å². The topological polar surface area (TPSA) is 149 Å². The summed E-state index contributed by atoms with van der Waals surface area (Å²) < 4.78 is 10.8. The minimum absolute atomic E-state index is 0.113. The zero-order valence-electron chi connectivity index (χ0n) is 19.4. The quantitative estimate of drug-likeness (QED) is 0.122. The van der Waals surface area contributed by atoms with Gasteiger partial charge < -0.3 is 14.8 Å². The zero-order chi connectivity index (χ0) is 26.1. The minimum Gasteiger partial charge on any atom is -0.492 e. The van der Waals surface area contributed by atoms with E-state index >= 15 is 0 Å². The molecule has 0 spiro atoms. The van der Waals surface area contributed by atoms with Crippen molar-refractivity contribution in [3.8, 4) is 11.5 Å². The van der Waals surface area contributed by atoms with Crippen molar-refractivity contribution in [3.05, 3.63) is 94.0 Å². The summed E-state index contributed by atoms with van der Waals surface area (Å²) in [7, 11) is 0. The Bertz CT molecular complexity index is 1320. The maximum atomic E-state index is 12.5. The number of hydrogen-bond acceptors (Lipinski definition) is 8. The molecule has 2 N–H and O–H groups in total. The molecule has 0 heterocycles. The van der Waals surface area contributed by atoms with E-state index in [0.29, 0.717) is 23.6 Å². The van der Waals surface area contributed by atoms with E-state index < -0.39 is 22.7 Å². The van der Waals surface area contributed by atoms with Crippen LogP contribution in [-0.2, 0) is 9.59 Å². The molecule has 0 saturated heterocycles. The van der Waals surface area contributed by atoms with Gasteiger partial charge in [-0.2, -0.15) is 5.10 Å². The van der Waals surface area contributed by atoms with Crippen molar-refractivity contribution in [1.82, 2.24) is 5.43 Å². The lowest BCUT2D eigenvalue weighted by molar-refractivity contribution is -0.384. The average molecular weight is 490 g/mol. The monoisotopic (exact) mass is 490 g/mol. The second-order valence-electron chi connectivity index (χ2n) is 7.21. The average Bonchev–Trinajstić information content (AvgIpc) is 2.88. The largest absolute Gasteiger partial charge is 0.492 e. The van der Waals surface area contributed by atoms with Crippen LogP contribution in [-0.4, -0.2) is 35.0 Å². The summed E-state index contributed by atoms with van der Waals surface area (Å²) in [6, 6.07) is 18.1. The predicted molar refractivity (Wildman–Crippen MR) is 131 cm³/mol. The molecule has 0 aliphatic carbocycles. The van der Waals surface area contributed by atoms with Crippen molar-refractivity contribution in [2.45, 2.75) is 13.8 Å². The molecular formula is C25H22N4O7. The van der Waals surface area contributed by atoms with Gasteiger partial charge in [-0.1, -0.05) is 24.3 Å². The fourth-order valence-electron chi connectivity index (χ4n) is 3.01. The molecular weight excluding hydrogens is 468 g/mol. The van der Waals surface area contributed by atoms with Crippen LogP contribution in [0.2, 0.25) is 0 Å². The second-order valence-corrected chi connectivity index (χ2v) is 7.21. The Hall–Kier alpha value is -5.06. The summed E-state index contributed by atoms with van der Waals surface area (Å²) >= 11 is 0. The Labute approximate surface area is 205 Å². The number of amides is 2. The fourth-order valence-corrected chi connectivity index (χ4v) is 3.01. The van der Waals surface area contributed by atoms with Crippen LogP contribution in [0, 0.1) is 10.1 Å². The second kappa shape index (κ2) is 11.9. The lowest BCUT2D eigenvalue weighted by Crippen LogP contribution is -2.33. The molecule has 11 nitrogen and oxygen atoms in total. The van der Waals surface area contributed by atoms with Gasteiger partial charge in [0.2, 0.25) is 0 Å². The van der Waals surface area contributed by atoms with Crippen LogP contribution in [0.3, 0.4) is 0 Å². The molecule has 0 unspecified atom stereocenters.